The van der Waals surface area contributed by atoms with Gasteiger partial charge >= 0.3 is 0 Å². The highest BCUT2D eigenvalue weighted by Crippen LogP contribution is 2.28. The number of benzene rings is 1. The van der Waals surface area contributed by atoms with Crippen molar-refractivity contribution in [3.05, 3.63) is 35.6 Å². The molecule has 0 saturated heterocycles. The summed E-state index contributed by atoms with van der Waals surface area (Å²) in [5.41, 5.74) is 0.987. The van der Waals surface area contributed by atoms with Gasteiger partial charge in [0.2, 0.25) is 5.91 Å². The molecule has 0 spiro atoms. The highest BCUT2D eigenvalue weighted by atomic mass is 19.1. The Morgan fingerprint density at radius 3 is 2.43 bits per heavy atom. The van der Waals surface area contributed by atoms with Gasteiger partial charge in [0.25, 0.3) is 0 Å². The van der Waals surface area contributed by atoms with Gasteiger partial charge in [0.15, 0.2) is 0 Å². The van der Waals surface area contributed by atoms with E-state index in [0.717, 1.165) is 50.6 Å². The molecule has 128 valence electrons. The summed E-state index contributed by atoms with van der Waals surface area (Å²) in [6, 6.07) is 6.45. The molecule has 0 N–H and O–H groups in total. The Balaban J connectivity index is 1.99. The van der Waals surface area contributed by atoms with Crippen molar-refractivity contribution in [2.45, 2.75) is 58.1 Å². The predicted molar refractivity (Wildman–Crippen MR) is 89.5 cm³/mol. The van der Waals surface area contributed by atoms with Gasteiger partial charge in [0.1, 0.15) is 5.82 Å². The lowest BCUT2D eigenvalue weighted by atomic mass is 9.86. The Morgan fingerprint density at radius 2 is 1.87 bits per heavy atom. The lowest BCUT2D eigenvalue weighted by Gasteiger charge is -2.32. The first kappa shape index (κ1) is 17.9. The number of unbranched alkanes of at least 4 members (excludes halogenated alkanes) is 1. The molecule has 3 nitrogen and oxygen atoms in total. The van der Waals surface area contributed by atoms with Crippen LogP contribution >= 0.6 is 0 Å². The average molecular weight is 321 g/mol. The Bertz CT molecular complexity index is 481. The number of halogens is 1. The Labute approximate surface area is 138 Å². The van der Waals surface area contributed by atoms with Crippen molar-refractivity contribution in [2.75, 3.05) is 13.7 Å². The van der Waals surface area contributed by atoms with Gasteiger partial charge in [0, 0.05) is 26.1 Å². The van der Waals surface area contributed by atoms with Crippen LogP contribution in [0.3, 0.4) is 0 Å². The van der Waals surface area contributed by atoms with Crippen LogP contribution in [0.25, 0.3) is 0 Å². The Kier molecular flexibility index (Phi) is 7.03. The molecule has 1 fully saturated rings. The molecule has 0 heterocycles. The van der Waals surface area contributed by atoms with E-state index in [4.69, 9.17) is 4.74 Å². The van der Waals surface area contributed by atoms with Crippen molar-refractivity contribution in [1.82, 2.24) is 4.90 Å². The largest absolute Gasteiger partial charge is 0.381 e. The van der Waals surface area contributed by atoms with E-state index in [2.05, 4.69) is 6.92 Å². The number of carbonyl (C=O) groups is 1. The minimum absolute atomic E-state index is 0.110. The molecule has 0 bridgehead atoms. The van der Waals surface area contributed by atoms with E-state index >= 15 is 0 Å². The van der Waals surface area contributed by atoms with Crippen LogP contribution in [-0.4, -0.2) is 30.6 Å². The van der Waals surface area contributed by atoms with Gasteiger partial charge in [-0.2, -0.15) is 0 Å². The number of nitrogens with zero attached hydrogens (tertiary/aromatic N) is 1. The van der Waals surface area contributed by atoms with Crippen LogP contribution in [0.2, 0.25) is 0 Å². The smallest absolute Gasteiger partial charge is 0.225 e. The lowest BCUT2D eigenvalue weighted by molar-refractivity contribution is -0.138. The fourth-order valence-electron chi connectivity index (χ4n) is 3.23. The van der Waals surface area contributed by atoms with Crippen LogP contribution in [0.4, 0.5) is 4.39 Å². The molecule has 1 aromatic carbocycles. The Hall–Kier alpha value is -1.42. The van der Waals surface area contributed by atoms with Gasteiger partial charge in [-0.15, -0.1) is 0 Å². The summed E-state index contributed by atoms with van der Waals surface area (Å²) < 4.78 is 18.4. The maximum Gasteiger partial charge on any atom is 0.225 e. The number of hydrogen-bond donors (Lipinski definition) is 0. The van der Waals surface area contributed by atoms with E-state index < -0.39 is 0 Å². The molecule has 1 aliphatic carbocycles. The minimum Gasteiger partial charge on any atom is -0.381 e. The molecule has 2 rings (SSSR count). The fourth-order valence-corrected chi connectivity index (χ4v) is 3.23. The minimum atomic E-state index is -0.238. The second-order valence-corrected chi connectivity index (χ2v) is 6.45. The van der Waals surface area contributed by atoms with Gasteiger partial charge in [-0.05, 0) is 49.8 Å². The third kappa shape index (κ3) is 5.31. The Morgan fingerprint density at radius 1 is 1.22 bits per heavy atom. The van der Waals surface area contributed by atoms with E-state index in [9.17, 15) is 9.18 Å². The summed E-state index contributed by atoms with van der Waals surface area (Å²) >= 11 is 0. The zero-order valence-corrected chi connectivity index (χ0v) is 14.3. The van der Waals surface area contributed by atoms with E-state index in [-0.39, 0.29) is 17.6 Å². The van der Waals surface area contributed by atoms with Crippen molar-refractivity contribution < 1.29 is 13.9 Å². The summed E-state index contributed by atoms with van der Waals surface area (Å²) in [5.74, 6) is 0.120. The molecule has 1 aliphatic rings. The molecule has 0 radical (unpaired) electrons. The number of hydrogen-bond acceptors (Lipinski definition) is 2. The first-order chi connectivity index (χ1) is 11.1. The lowest BCUT2D eigenvalue weighted by Crippen LogP contribution is -2.38. The normalized spacial score (nSPS) is 21.2. The molecule has 1 amide bonds. The standard InChI is InChI=1S/C19H28FNO2/c1-3-4-13-21(14-15-5-9-17(20)10-6-15)19(22)16-7-11-18(23-2)12-8-16/h5-6,9-10,16,18H,3-4,7-8,11-14H2,1-2H3. The topological polar surface area (TPSA) is 29.5 Å². The summed E-state index contributed by atoms with van der Waals surface area (Å²) in [5, 5.41) is 0. The molecule has 23 heavy (non-hydrogen) atoms. The van der Waals surface area contributed by atoms with Crippen molar-refractivity contribution in [2.24, 2.45) is 5.92 Å². The van der Waals surface area contributed by atoms with Gasteiger partial charge in [0.05, 0.1) is 6.10 Å². The zero-order valence-electron chi connectivity index (χ0n) is 14.3. The van der Waals surface area contributed by atoms with E-state index in [0.29, 0.717) is 12.6 Å². The molecule has 4 heteroatoms. The second-order valence-electron chi connectivity index (χ2n) is 6.45. The van der Waals surface area contributed by atoms with Gasteiger partial charge < -0.3 is 9.64 Å². The van der Waals surface area contributed by atoms with Crippen molar-refractivity contribution >= 4 is 5.91 Å². The number of carbonyl (C=O) groups excluding carboxylic acids is 1. The molecular weight excluding hydrogens is 293 g/mol. The van der Waals surface area contributed by atoms with Crippen LogP contribution < -0.4 is 0 Å². The highest BCUT2D eigenvalue weighted by molar-refractivity contribution is 5.79. The van der Waals surface area contributed by atoms with Crippen LogP contribution in [-0.2, 0) is 16.1 Å². The first-order valence-electron chi connectivity index (χ1n) is 8.70. The molecule has 0 atom stereocenters. The first-order valence-corrected chi connectivity index (χ1v) is 8.70. The third-order valence-corrected chi connectivity index (χ3v) is 4.74. The molecule has 1 saturated carbocycles. The van der Waals surface area contributed by atoms with E-state index in [1.165, 1.54) is 12.1 Å². The average Bonchev–Trinajstić information content (AvgIpc) is 2.59. The maximum absolute atomic E-state index is 13.1. The van der Waals surface area contributed by atoms with Gasteiger partial charge in [-0.1, -0.05) is 25.5 Å². The second kappa shape index (κ2) is 9.02. The molecule has 0 aliphatic heterocycles. The highest BCUT2D eigenvalue weighted by Gasteiger charge is 2.29. The van der Waals surface area contributed by atoms with E-state index in [1.54, 1.807) is 19.2 Å². The third-order valence-electron chi connectivity index (χ3n) is 4.74. The summed E-state index contributed by atoms with van der Waals surface area (Å²) in [7, 11) is 1.74. The van der Waals surface area contributed by atoms with E-state index in [1.807, 2.05) is 4.90 Å². The van der Waals surface area contributed by atoms with Crippen molar-refractivity contribution in [3.8, 4) is 0 Å². The molecule has 1 aromatic rings. The number of rotatable bonds is 7. The number of ether oxygens (including phenoxy) is 1. The quantitative estimate of drug-likeness (QED) is 0.755. The SMILES string of the molecule is CCCCN(Cc1ccc(F)cc1)C(=O)C1CCC(OC)CC1. The van der Waals surface area contributed by atoms with Crippen LogP contribution in [0.15, 0.2) is 24.3 Å². The fraction of sp³-hybridized carbons (Fsp3) is 0.632. The summed E-state index contributed by atoms with van der Waals surface area (Å²) in [6.45, 7) is 3.48. The zero-order chi connectivity index (χ0) is 16.7. The molecule has 0 unspecified atom stereocenters. The predicted octanol–water partition coefficient (Wildman–Crippen LogP) is 4.16. The monoisotopic (exact) mass is 321 g/mol. The van der Waals surface area contributed by atoms with Crippen molar-refractivity contribution in [1.29, 1.82) is 0 Å². The van der Waals surface area contributed by atoms with Crippen molar-refractivity contribution in [3.63, 3.8) is 0 Å². The van der Waals surface area contributed by atoms with Crippen LogP contribution in [0.1, 0.15) is 51.0 Å². The number of methoxy groups -OCH3 is 1. The van der Waals surface area contributed by atoms with Crippen LogP contribution in [0.5, 0.6) is 0 Å². The van der Waals surface area contributed by atoms with Gasteiger partial charge in [-0.3, -0.25) is 4.79 Å². The van der Waals surface area contributed by atoms with Crippen LogP contribution in [0, 0.1) is 11.7 Å². The summed E-state index contributed by atoms with van der Waals surface area (Å²) in [6.07, 6.45) is 6.10. The molecule has 0 aromatic heterocycles. The number of amides is 1. The summed E-state index contributed by atoms with van der Waals surface area (Å²) in [4.78, 5) is 14.8. The molecular formula is C19H28FNO2. The maximum atomic E-state index is 13.1. The van der Waals surface area contributed by atoms with Gasteiger partial charge in [-0.25, -0.2) is 4.39 Å².